The quantitative estimate of drug-likeness (QED) is 0.0109. The Morgan fingerprint density at radius 1 is 0.573 bits per heavy atom. The number of aliphatic carboxylic acids is 3. The van der Waals surface area contributed by atoms with E-state index >= 15 is 0 Å². The van der Waals surface area contributed by atoms with Crippen LogP contribution in [0.1, 0.15) is 167 Å². The molecule has 0 saturated heterocycles. The number of fused-ring (bicyclic) bond motifs is 6. The Bertz CT molecular complexity index is 3680. The Morgan fingerprint density at radius 3 is 1.98 bits per heavy atom. The maximum atomic E-state index is 13.8. The van der Waals surface area contributed by atoms with Crippen molar-refractivity contribution >= 4 is 86.0 Å². The Balaban J connectivity index is 0.834. The number of rotatable bonds is 42. The van der Waals surface area contributed by atoms with Crippen LogP contribution in [0.3, 0.4) is 0 Å². The van der Waals surface area contributed by atoms with Gasteiger partial charge in [-0.3, -0.25) is 28.8 Å². The molecule has 0 fully saturated rings. The topological polar surface area (TPSA) is 261 Å². The second-order valence-electron chi connectivity index (χ2n) is 26.2. The second kappa shape index (κ2) is 37.3. The highest BCUT2D eigenvalue weighted by Crippen LogP contribution is 2.51. The molecule has 0 aliphatic carbocycles. The zero-order valence-electron chi connectivity index (χ0n) is 56.7. The molecule has 2 heterocycles. The summed E-state index contributed by atoms with van der Waals surface area (Å²) in [6, 6.07) is 32.3. The molecule has 4 amide bonds. The van der Waals surface area contributed by atoms with Crippen LogP contribution in [0, 0.1) is 5.92 Å². The molecule has 0 unspecified atom stereocenters. The number of hydrogen-bond acceptors (Lipinski definition) is 10. The first-order chi connectivity index (χ1) is 46.2. The number of carbonyl (C=O) groups excluding carboxylic acids is 5. The van der Waals surface area contributed by atoms with Gasteiger partial charge >= 0.3 is 23.9 Å². The fourth-order valence-corrected chi connectivity index (χ4v) is 13.2. The molecule has 0 aromatic heterocycles. The number of carbonyl (C=O) groups is 8. The molecule has 0 spiro atoms. The molecule has 3 atom stereocenters. The van der Waals surface area contributed by atoms with Crippen molar-refractivity contribution in [2.45, 2.75) is 180 Å². The van der Waals surface area contributed by atoms with E-state index in [9.17, 15) is 48.6 Å². The fraction of sp³-hybridized carbons (Fsp3) is 0.449. The minimum Gasteiger partial charge on any atom is -0.481 e. The molecule has 2 aliphatic heterocycles. The summed E-state index contributed by atoms with van der Waals surface area (Å²) in [7, 11) is 0. The van der Waals surface area contributed by atoms with E-state index in [4.69, 9.17) is 9.84 Å². The smallest absolute Gasteiger partial charge is 0.326 e. The summed E-state index contributed by atoms with van der Waals surface area (Å²) in [6.07, 6.45) is 22.6. The average Bonchev–Trinajstić information content (AvgIpc) is 1.58. The molecule has 0 radical (unpaired) electrons. The molecule has 7 N–H and O–H groups in total. The van der Waals surface area contributed by atoms with Crippen molar-refractivity contribution in [3.8, 4) is 0 Å². The van der Waals surface area contributed by atoms with Crippen LogP contribution in [0.2, 0.25) is 0 Å². The summed E-state index contributed by atoms with van der Waals surface area (Å²) in [5.74, 6) is -5.64. The number of hydrogen-bond donors (Lipinski definition) is 7. The van der Waals surface area contributed by atoms with Gasteiger partial charge in [0.15, 0.2) is 11.5 Å². The summed E-state index contributed by atoms with van der Waals surface area (Å²) < 4.78 is 8.12. The standard InChI is InChI=1S/C78H98N6O12/c1-6-7-24-49-83-64-44-40-56-30-18-20-34-60(56)72(64)77(2,3)67(83)36-15-9-8-10-16-37-68-78(4,5)73-61-35-21-19-31-57(61)41-45-65(73)84(68)50-25-12-17-38-69(87)79-47-23-22-32-58(74(91)92)54-66(86)63(53-55-28-13-11-14-29-55)81-70(88)46-52-96-51-27-33-59(85)42-43-62(75(93)94)82-76(95)80-48-26-39-71(89)90/h8-11,13-16,18-21,28-31,34-37,40-41,44-45,58,62-63H,6-7,12,17,22-27,32-33,38-39,42-43,46-54H2,1-5H3,(H6-,79,80,81,82,87,88,89,90,91,92,93,94,95)/p+1/t58-,62+,63+/m1/s1. The maximum absolute atomic E-state index is 13.8. The second-order valence-corrected chi connectivity index (χ2v) is 26.2. The average molecular weight is 1310 g/mol. The van der Waals surface area contributed by atoms with Crippen LogP contribution in [0.5, 0.6) is 0 Å². The third kappa shape index (κ3) is 21.5. The molecular formula is C78H99N6O12+. The van der Waals surface area contributed by atoms with E-state index < -0.39 is 53.6 Å². The Kier molecular flexibility index (Phi) is 28.9. The lowest BCUT2D eigenvalue weighted by Crippen LogP contribution is -2.46. The largest absolute Gasteiger partial charge is 0.481 e. The number of ketones is 2. The predicted molar refractivity (Wildman–Crippen MR) is 378 cm³/mol. The predicted octanol–water partition coefficient (Wildman–Crippen LogP) is 13.3. The van der Waals surface area contributed by atoms with Crippen molar-refractivity contribution in [3.63, 3.8) is 0 Å². The van der Waals surface area contributed by atoms with Gasteiger partial charge in [-0.25, -0.2) is 9.59 Å². The van der Waals surface area contributed by atoms with Crippen LogP contribution >= 0.6 is 0 Å². The summed E-state index contributed by atoms with van der Waals surface area (Å²) in [4.78, 5) is 102. The Morgan fingerprint density at radius 2 is 1.26 bits per heavy atom. The van der Waals surface area contributed by atoms with Crippen LogP contribution in [0.25, 0.3) is 21.5 Å². The van der Waals surface area contributed by atoms with E-state index in [-0.39, 0.29) is 100 Å². The summed E-state index contributed by atoms with van der Waals surface area (Å²) >= 11 is 0. The van der Waals surface area contributed by atoms with Crippen LogP contribution in [-0.2, 0) is 55.5 Å². The SMILES string of the molecule is CCCCC[N+]1=C(/C=C/C=C/C=C/C=C2/N(CCCCCC(=O)NCCCC[C@H](CC(=O)[C@H](Cc3ccccc3)NC(=O)CCOCCCC(=O)CC[C@H](NC(=O)NCCCC(=O)O)C(=O)O)C(=O)O)c3ccc4ccccc4c3C2(C)C)C(C)(C)c2c1ccc1ccccc21. The van der Waals surface area contributed by atoms with Crippen molar-refractivity contribution in [3.05, 3.63) is 168 Å². The lowest BCUT2D eigenvalue weighted by molar-refractivity contribution is -0.438. The number of carboxylic acids is 3. The molecule has 96 heavy (non-hydrogen) atoms. The van der Waals surface area contributed by atoms with Gasteiger partial charge in [-0.1, -0.05) is 155 Å². The number of ether oxygens (including phenoxy) is 1. The van der Waals surface area contributed by atoms with E-state index in [1.165, 1.54) is 68.3 Å². The van der Waals surface area contributed by atoms with Crippen LogP contribution in [0.15, 0.2) is 151 Å². The van der Waals surface area contributed by atoms with Crippen molar-refractivity contribution < 1.29 is 63.0 Å². The van der Waals surface area contributed by atoms with Gasteiger partial charge in [0.05, 0.1) is 24.0 Å². The van der Waals surface area contributed by atoms with Gasteiger partial charge in [0, 0.05) is 106 Å². The summed E-state index contributed by atoms with van der Waals surface area (Å²) in [5.41, 5.74) is 8.11. The normalized spacial score (nSPS) is 15.3. The van der Waals surface area contributed by atoms with Crippen molar-refractivity contribution in [2.24, 2.45) is 5.92 Å². The van der Waals surface area contributed by atoms with E-state index in [2.05, 4.69) is 181 Å². The third-order valence-electron chi connectivity index (χ3n) is 18.2. The van der Waals surface area contributed by atoms with Gasteiger partial charge < -0.3 is 46.2 Å². The molecule has 2 aliphatic rings. The summed E-state index contributed by atoms with van der Waals surface area (Å²) in [5, 5.41) is 43.9. The number of carboxylic acid groups (broad SMARTS) is 3. The number of unbranched alkanes of at least 4 members (excludes halogenated alkanes) is 5. The Hall–Kier alpha value is -9.03. The molecule has 7 rings (SSSR count). The third-order valence-corrected chi connectivity index (χ3v) is 18.2. The molecule has 5 aromatic carbocycles. The lowest BCUT2D eigenvalue weighted by atomic mass is 9.79. The molecular weight excluding hydrogens is 1210 g/mol. The number of anilines is 1. The number of amides is 4. The number of allylic oxidation sites excluding steroid dienone is 8. The highest BCUT2D eigenvalue weighted by atomic mass is 16.5. The van der Waals surface area contributed by atoms with Gasteiger partial charge in [0.25, 0.3) is 0 Å². The molecule has 0 bridgehead atoms. The maximum Gasteiger partial charge on any atom is 0.326 e. The zero-order chi connectivity index (χ0) is 69.0. The monoisotopic (exact) mass is 1310 g/mol. The minimum atomic E-state index is -1.32. The van der Waals surface area contributed by atoms with Gasteiger partial charge in [-0.2, -0.15) is 4.58 Å². The molecule has 5 aromatic rings. The van der Waals surface area contributed by atoms with Gasteiger partial charge in [0.1, 0.15) is 18.4 Å². The van der Waals surface area contributed by atoms with E-state index in [0.717, 1.165) is 37.9 Å². The van der Waals surface area contributed by atoms with E-state index in [1.54, 1.807) is 0 Å². The number of benzene rings is 5. The van der Waals surface area contributed by atoms with Crippen LogP contribution < -0.4 is 26.2 Å². The first kappa shape index (κ1) is 74.4. The molecule has 18 heteroatoms. The van der Waals surface area contributed by atoms with Gasteiger partial charge in [-0.05, 0) is 123 Å². The number of nitrogens with one attached hydrogen (secondary N) is 4. The number of Topliss-reactive ketones (excluding diaryl/α,β-unsaturated/α-hetero) is 2. The van der Waals surface area contributed by atoms with Gasteiger partial charge in [0.2, 0.25) is 17.5 Å². The van der Waals surface area contributed by atoms with Crippen LogP contribution in [-0.4, -0.2) is 124 Å². The Labute approximate surface area is 565 Å². The highest BCUT2D eigenvalue weighted by Gasteiger charge is 2.45. The highest BCUT2D eigenvalue weighted by molar-refractivity contribution is 6.08. The fourth-order valence-electron chi connectivity index (χ4n) is 13.2. The van der Waals surface area contributed by atoms with Crippen molar-refractivity contribution in [1.82, 2.24) is 21.3 Å². The summed E-state index contributed by atoms with van der Waals surface area (Å²) in [6.45, 7) is 13.9. The number of urea groups is 1. The van der Waals surface area contributed by atoms with E-state index in [0.29, 0.717) is 38.6 Å². The molecule has 18 nitrogen and oxygen atoms in total. The number of nitrogens with zero attached hydrogens (tertiary/aromatic N) is 2. The van der Waals surface area contributed by atoms with Gasteiger partial charge in [-0.15, -0.1) is 0 Å². The zero-order valence-corrected chi connectivity index (χ0v) is 56.7. The van der Waals surface area contributed by atoms with Crippen LogP contribution in [0.4, 0.5) is 16.2 Å². The lowest BCUT2D eigenvalue weighted by Gasteiger charge is -2.27. The van der Waals surface area contributed by atoms with E-state index in [1.807, 2.05) is 30.3 Å². The first-order valence-corrected chi connectivity index (χ1v) is 34.3. The first-order valence-electron chi connectivity index (χ1n) is 34.3. The van der Waals surface area contributed by atoms with Crippen molar-refractivity contribution in [2.75, 3.05) is 44.3 Å². The van der Waals surface area contributed by atoms with Crippen molar-refractivity contribution in [1.29, 1.82) is 0 Å². The molecule has 0 saturated carbocycles. The molecule has 512 valence electrons. The minimum absolute atomic E-state index is 0.0134.